The van der Waals surface area contributed by atoms with Gasteiger partial charge < -0.3 is 10.2 Å². The average Bonchev–Trinajstić information content (AvgIpc) is 3.27. The molecule has 0 spiro atoms. The molecule has 8 nitrogen and oxygen atoms in total. The smallest absolute Gasteiger partial charge is 0.337 e. The van der Waals surface area contributed by atoms with Gasteiger partial charge in [-0.25, -0.2) is 9.36 Å². The fourth-order valence-electron chi connectivity index (χ4n) is 4.39. The third-order valence-electron chi connectivity index (χ3n) is 6.50. The molecule has 0 bridgehead atoms. The second-order valence-electron chi connectivity index (χ2n) is 8.91. The van der Waals surface area contributed by atoms with E-state index in [1.165, 1.54) is 22.8 Å². The van der Waals surface area contributed by atoms with Crippen molar-refractivity contribution < 1.29 is 9.59 Å². The van der Waals surface area contributed by atoms with Crippen molar-refractivity contribution in [3.8, 4) is 5.69 Å². The van der Waals surface area contributed by atoms with E-state index in [4.69, 9.17) is 23.2 Å². The van der Waals surface area contributed by atoms with Crippen LogP contribution in [0.15, 0.2) is 58.1 Å². The number of aromatic nitrogens is 2. The Balaban J connectivity index is 1.82. The highest BCUT2D eigenvalue weighted by molar-refractivity contribution is 7.20. The third kappa shape index (κ3) is 5.80. The predicted octanol–water partition coefficient (Wildman–Crippen LogP) is 4.67. The van der Waals surface area contributed by atoms with Gasteiger partial charge in [-0.2, -0.15) is 0 Å². The fraction of sp³-hybridized carbons (Fsp3) is 0.286. The van der Waals surface area contributed by atoms with E-state index in [9.17, 15) is 19.2 Å². The quantitative estimate of drug-likeness (QED) is 0.308. The van der Waals surface area contributed by atoms with Crippen LogP contribution in [0.1, 0.15) is 34.6 Å². The van der Waals surface area contributed by atoms with Crippen LogP contribution in [0, 0.1) is 6.92 Å². The van der Waals surface area contributed by atoms with E-state index in [-0.39, 0.29) is 38.4 Å². The van der Waals surface area contributed by atoms with Gasteiger partial charge in [0.25, 0.3) is 11.5 Å². The first-order valence-corrected chi connectivity index (χ1v) is 14.1. The van der Waals surface area contributed by atoms with E-state index in [2.05, 4.69) is 5.32 Å². The second kappa shape index (κ2) is 12.2. The molecule has 0 radical (unpaired) electrons. The minimum absolute atomic E-state index is 0.171. The molecule has 1 N–H and O–H groups in total. The summed E-state index contributed by atoms with van der Waals surface area (Å²) in [6.45, 7) is 6.46. The van der Waals surface area contributed by atoms with Crippen molar-refractivity contribution in [2.75, 3.05) is 19.6 Å². The maximum absolute atomic E-state index is 13.7. The molecule has 11 heteroatoms. The second-order valence-corrected chi connectivity index (χ2v) is 10.7. The number of aryl methyl sites for hydroxylation is 1. The number of carbonyl (C=O) groups is 2. The van der Waals surface area contributed by atoms with Gasteiger partial charge in [-0.1, -0.05) is 53.5 Å². The van der Waals surface area contributed by atoms with Crippen molar-refractivity contribution in [1.82, 2.24) is 19.4 Å². The van der Waals surface area contributed by atoms with Crippen LogP contribution in [-0.4, -0.2) is 45.5 Å². The molecule has 0 aliphatic rings. The zero-order chi connectivity index (χ0) is 28.3. The summed E-state index contributed by atoms with van der Waals surface area (Å²) in [6, 6.07) is 14.1. The minimum atomic E-state index is -0.716. The number of halogens is 2. The maximum atomic E-state index is 13.7. The average molecular weight is 588 g/mol. The Kier molecular flexibility index (Phi) is 8.94. The molecular weight excluding hydrogens is 559 g/mol. The molecule has 0 saturated carbocycles. The molecule has 2 amide bonds. The molecule has 2 aromatic heterocycles. The lowest BCUT2D eigenvalue weighted by molar-refractivity contribution is -0.121. The lowest BCUT2D eigenvalue weighted by atomic mass is 10.1. The van der Waals surface area contributed by atoms with Crippen LogP contribution < -0.4 is 16.6 Å². The first kappa shape index (κ1) is 28.6. The summed E-state index contributed by atoms with van der Waals surface area (Å²) in [6.07, 6.45) is 0.625. The van der Waals surface area contributed by atoms with Crippen LogP contribution in [-0.2, 0) is 17.8 Å². The number of amides is 2. The number of thiophene rings is 1. The normalized spacial score (nSPS) is 11.1. The van der Waals surface area contributed by atoms with Crippen LogP contribution in [0.5, 0.6) is 0 Å². The van der Waals surface area contributed by atoms with Crippen molar-refractivity contribution in [2.45, 2.75) is 33.7 Å². The van der Waals surface area contributed by atoms with Gasteiger partial charge in [0.05, 0.1) is 26.0 Å². The summed E-state index contributed by atoms with van der Waals surface area (Å²) in [5, 5.41) is 3.50. The number of rotatable bonds is 9. The fourth-order valence-corrected chi connectivity index (χ4v) is 5.94. The molecule has 2 aromatic carbocycles. The van der Waals surface area contributed by atoms with E-state index < -0.39 is 17.2 Å². The molecule has 0 fully saturated rings. The van der Waals surface area contributed by atoms with E-state index in [1.54, 1.807) is 11.8 Å². The van der Waals surface area contributed by atoms with Gasteiger partial charge in [0.2, 0.25) is 5.91 Å². The van der Waals surface area contributed by atoms with Gasteiger partial charge in [-0.15, -0.1) is 11.3 Å². The summed E-state index contributed by atoms with van der Waals surface area (Å²) < 4.78 is 2.21. The van der Waals surface area contributed by atoms with Gasteiger partial charge >= 0.3 is 5.69 Å². The van der Waals surface area contributed by atoms with Crippen molar-refractivity contribution >= 4 is 56.6 Å². The number of benzene rings is 2. The van der Waals surface area contributed by atoms with Crippen LogP contribution in [0.2, 0.25) is 10.0 Å². The molecule has 204 valence electrons. The zero-order valence-electron chi connectivity index (χ0n) is 21.8. The summed E-state index contributed by atoms with van der Waals surface area (Å²) in [4.78, 5) is 56.0. The number of hydrogen-bond donors (Lipinski definition) is 1. The van der Waals surface area contributed by atoms with Gasteiger partial charge in [0.1, 0.15) is 11.4 Å². The molecular formula is C28H28Cl2N4O4S. The zero-order valence-corrected chi connectivity index (χ0v) is 24.1. The molecule has 39 heavy (non-hydrogen) atoms. The van der Waals surface area contributed by atoms with Crippen LogP contribution in [0.4, 0.5) is 0 Å². The topological polar surface area (TPSA) is 93.4 Å². The summed E-state index contributed by atoms with van der Waals surface area (Å²) in [5.41, 5.74) is 0.429. The largest absolute Gasteiger partial charge is 0.354 e. The Hall–Kier alpha value is -3.40. The number of carbonyl (C=O) groups excluding carboxylic acids is 2. The van der Waals surface area contributed by atoms with Gasteiger partial charge in [0, 0.05) is 19.6 Å². The van der Waals surface area contributed by atoms with E-state index in [0.29, 0.717) is 36.5 Å². The number of nitrogens with one attached hydrogen (secondary N) is 1. The van der Waals surface area contributed by atoms with Gasteiger partial charge in [0.15, 0.2) is 0 Å². The molecule has 0 aliphatic carbocycles. The summed E-state index contributed by atoms with van der Waals surface area (Å²) in [5.74, 6) is -0.623. The summed E-state index contributed by atoms with van der Waals surface area (Å²) >= 11 is 13.3. The third-order valence-corrected chi connectivity index (χ3v) is 8.54. The van der Waals surface area contributed by atoms with Crippen molar-refractivity contribution in [1.29, 1.82) is 0 Å². The van der Waals surface area contributed by atoms with Crippen molar-refractivity contribution in [3.63, 3.8) is 0 Å². The Morgan fingerprint density at radius 3 is 2.33 bits per heavy atom. The summed E-state index contributed by atoms with van der Waals surface area (Å²) in [7, 11) is 0. The monoisotopic (exact) mass is 586 g/mol. The van der Waals surface area contributed by atoms with E-state index >= 15 is 0 Å². The first-order valence-electron chi connectivity index (χ1n) is 12.5. The highest BCUT2D eigenvalue weighted by Crippen LogP contribution is 2.30. The number of nitrogens with zero attached hydrogens (tertiary/aromatic N) is 3. The lowest BCUT2D eigenvalue weighted by Gasteiger charge is -2.17. The minimum Gasteiger partial charge on any atom is -0.354 e. The highest BCUT2D eigenvalue weighted by atomic mass is 35.5. The van der Waals surface area contributed by atoms with Crippen molar-refractivity contribution in [3.05, 3.63) is 95.4 Å². The Labute approximate surface area is 239 Å². The van der Waals surface area contributed by atoms with Crippen LogP contribution in [0.25, 0.3) is 15.9 Å². The Morgan fingerprint density at radius 2 is 1.69 bits per heavy atom. The van der Waals surface area contributed by atoms with Gasteiger partial charge in [-0.3, -0.25) is 19.0 Å². The van der Waals surface area contributed by atoms with E-state index in [0.717, 1.165) is 21.5 Å². The Morgan fingerprint density at radius 1 is 1.00 bits per heavy atom. The number of hydrogen-bond acceptors (Lipinski definition) is 5. The molecule has 0 unspecified atom stereocenters. The molecule has 0 aliphatic heterocycles. The molecule has 4 aromatic rings. The molecule has 4 rings (SSSR count). The number of fused-ring (bicyclic) bond motifs is 1. The molecule has 0 atom stereocenters. The first-order chi connectivity index (χ1) is 18.7. The standard InChI is InChI=1S/C28H28Cl2N4O4S/c1-4-32(5-2)26(37)24-17(3)23-25(36)34(19-11-12-20(29)21(30)15-19)28(38)33(27(23)39-24)16-22(35)31-14-13-18-9-7-6-8-10-18/h6-12,15H,4-5,13-14,16H2,1-3H3,(H,31,35). The van der Waals surface area contributed by atoms with Crippen molar-refractivity contribution in [2.24, 2.45) is 0 Å². The van der Waals surface area contributed by atoms with Crippen LogP contribution >= 0.6 is 34.5 Å². The molecule has 2 heterocycles. The SMILES string of the molecule is CCN(CC)C(=O)c1sc2c(c1C)c(=O)n(-c1ccc(Cl)c(Cl)c1)c(=O)n2CC(=O)NCCc1ccccc1. The van der Waals surface area contributed by atoms with Crippen LogP contribution in [0.3, 0.4) is 0 Å². The molecule has 0 saturated heterocycles. The highest BCUT2D eigenvalue weighted by Gasteiger charge is 2.26. The van der Waals surface area contributed by atoms with Gasteiger partial charge in [-0.05, 0) is 56.5 Å². The Bertz CT molecular complexity index is 1660. The maximum Gasteiger partial charge on any atom is 0.337 e. The van der Waals surface area contributed by atoms with E-state index in [1.807, 2.05) is 44.2 Å². The lowest BCUT2D eigenvalue weighted by Crippen LogP contribution is -2.41. The predicted molar refractivity (Wildman–Crippen MR) is 157 cm³/mol.